The summed E-state index contributed by atoms with van der Waals surface area (Å²) in [6, 6.07) is 6.75. The van der Waals surface area contributed by atoms with E-state index in [0.717, 1.165) is 16.7 Å². The minimum absolute atomic E-state index is 0.442. The first-order valence-electron chi connectivity index (χ1n) is 6.20. The number of benzene rings is 1. The molecule has 92 valence electrons. The van der Waals surface area contributed by atoms with Crippen molar-refractivity contribution in [3.63, 3.8) is 0 Å². The molecule has 0 saturated heterocycles. The van der Waals surface area contributed by atoms with Crippen LogP contribution in [0.4, 0.5) is 0 Å². The van der Waals surface area contributed by atoms with Gasteiger partial charge < -0.3 is 9.55 Å². The second-order valence-corrected chi connectivity index (χ2v) is 5.64. The molecule has 1 N–H and O–H groups in total. The Kier molecular flexibility index (Phi) is 3.38. The van der Waals surface area contributed by atoms with Gasteiger partial charge in [0.05, 0.1) is 11.0 Å². The number of imidazole rings is 1. The van der Waals surface area contributed by atoms with Gasteiger partial charge in [0.1, 0.15) is 0 Å². The Morgan fingerprint density at radius 2 is 2.00 bits per heavy atom. The highest BCUT2D eigenvalue weighted by atomic mass is 32.1. The summed E-state index contributed by atoms with van der Waals surface area (Å²) < 4.78 is 3.10. The summed E-state index contributed by atoms with van der Waals surface area (Å²) in [5.74, 6) is 0.681. The zero-order chi connectivity index (χ0) is 12.6. The van der Waals surface area contributed by atoms with E-state index < -0.39 is 0 Å². The molecule has 2 rings (SSSR count). The number of nitrogens with zero attached hydrogens (tertiary/aromatic N) is 1. The van der Waals surface area contributed by atoms with E-state index in [-0.39, 0.29) is 0 Å². The van der Waals surface area contributed by atoms with Gasteiger partial charge in [0.25, 0.3) is 0 Å². The van der Waals surface area contributed by atoms with E-state index in [9.17, 15) is 0 Å². The van der Waals surface area contributed by atoms with Crippen molar-refractivity contribution in [2.45, 2.75) is 40.2 Å². The van der Waals surface area contributed by atoms with Crippen molar-refractivity contribution < 1.29 is 0 Å². The Balaban J connectivity index is 2.60. The molecule has 0 spiro atoms. The Morgan fingerprint density at radius 3 is 2.65 bits per heavy atom. The molecule has 2 aromatic rings. The molecule has 0 amide bonds. The second-order valence-electron chi connectivity index (χ2n) is 5.25. The molecule has 1 heterocycles. The first-order chi connectivity index (χ1) is 8.00. The standard InChI is InChI=1S/C14H20N2S/c1-9(2)8-11(4)16-13-10(3)6-5-7-12(13)15-14(16)17/h5-7,9,11H,8H2,1-4H3,(H,15,17). The lowest BCUT2D eigenvalue weighted by atomic mass is 10.0. The van der Waals surface area contributed by atoms with Gasteiger partial charge in [-0.3, -0.25) is 0 Å². The quantitative estimate of drug-likeness (QED) is 0.786. The van der Waals surface area contributed by atoms with Crippen LogP contribution in [0.25, 0.3) is 11.0 Å². The number of hydrogen-bond donors (Lipinski definition) is 1. The molecular formula is C14H20N2S. The van der Waals surface area contributed by atoms with Crippen molar-refractivity contribution in [3.8, 4) is 0 Å². The fourth-order valence-corrected chi connectivity index (χ4v) is 2.95. The smallest absolute Gasteiger partial charge is 0.178 e. The van der Waals surface area contributed by atoms with Gasteiger partial charge in [-0.25, -0.2) is 0 Å². The fraction of sp³-hybridized carbons (Fsp3) is 0.500. The minimum atomic E-state index is 0.442. The van der Waals surface area contributed by atoms with E-state index in [1.165, 1.54) is 11.1 Å². The molecule has 0 radical (unpaired) electrons. The van der Waals surface area contributed by atoms with Crippen LogP contribution in [0.15, 0.2) is 18.2 Å². The molecule has 0 fully saturated rings. The number of H-pyrrole nitrogens is 1. The molecule has 2 nitrogen and oxygen atoms in total. The van der Waals surface area contributed by atoms with Gasteiger partial charge in [-0.05, 0) is 50.0 Å². The predicted molar refractivity (Wildman–Crippen MR) is 76.0 cm³/mol. The minimum Gasteiger partial charge on any atom is -0.331 e. The molecule has 1 aromatic carbocycles. The van der Waals surface area contributed by atoms with E-state index in [0.29, 0.717) is 12.0 Å². The molecule has 1 atom stereocenters. The monoisotopic (exact) mass is 248 g/mol. The first kappa shape index (κ1) is 12.4. The average molecular weight is 248 g/mol. The second kappa shape index (κ2) is 4.65. The molecule has 3 heteroatoms. The maximum atomic E-state index is 5.45. The number of aromatic nitrogens is 2. The van der Waals surface area contributed by atoms with Crippen molar-refractivity contribution in [2.24, 2.45) is 5.92 Å². The summed E-state index contributed by atoms with van der Waals surface area (Å²) in [6.45, 7) is 8.89. The van der Waals surface area contributed by atoms with Gasteiger partial charge in [-0.15, -0.1) is 0 Å². The van der Waals surface area contributed by atoms with Gasteiger partial charge in [0, 0.05) is 6.04 Å². The van der Waals surface area contributed by atoms with E-state index in [2.05, 4.69) is 55.4 Å². The average Bonchev–Trinajstić information content (AvgIpc) is 2.54. The number of hydrogen-bond acceptors (Lipinski definition) is 1. The number of nitrogens with one attached hydrogen (secondary N) is 1. The van der Waals surface area contributed by atoms with E-state index in [1.54, 1.807) is 0 Å². The van der Waals surface area contributed by atoms with Crippen molar-refractivity contribution in [1.82, 2.24) is 9.55 Å². The van der Waals surface area contributed by atoms with E-state index in [1.807, 2.05) is 0 Å². The third kappa shape index (κ3) is 2.29. The number of aromatic amines is 1. The summed E-state index contributed by atoms with van der Waals surface area (Å²) in [7, 11) is 0. The van der Waals surface area contributed by atoms with Crippen molar-refractivity contribution in [1.29, 1.82) is 0 Å². The molecule has 0 saturated carbocycles. The van der Waals surface area contributed by atoms with Crippen LogP contribution in [-0.4, -0.2) is 9.55 Å². The highest BCUT2D eigenvalue weighted by molar-refractivity contribution is 7.71. The molecule has 0 aliphatic carbocycles. The number of fused-ring (bicyclic) bond motifs is 1. The summed E-state index contributed by atoms with van der Waals surface area (Å²) in [4.78, 5) is 3.30. The Hall–Kier alpha value is -1.09. The highest BCUT2D eigenvalue weighted by Crippen LogP contribution is 2.25. The van der Waals surface area contributed by atoms with Crippen LogP contribution >= 0.6 is 12.2 Å². The van der Waals surface area contributed by atoms with Gasteiger partial charge >= 0.3 is 0 Å². The van der Waals surface area contributed by atoms with Crippen LogP contribution in [-0.2, 0) is 0 Å². The molecule has 0 aliphatic heterocycles. The van der Waals surface area contributed by atoms with Crippen LogP contribution in [0, 0.1) is 17.6 Å². The van der Waals surface area contributed by atoms with Gasteiger partial charge in [0.15, 0.2) is 4.77 Å². The van der Waals surface area contributed by atoms with Crippen LogP contribution in [0.1, 0.15) is 38.8 Å². The maximum absolute atomic E-state index is 5.45. The fourth-order valence-electron chi connectivity index (χ4n) is 2.56. The SMILES string of the molecule is Cc1cccc2[nH]c(=S)n(C(C)CC(C)C)c12. The highest BCUT2D eigenvalue weighted by Gasteiger charge is 2.13. The van der Waals surface area contributed by atoms with Gasteiger partial charge in [-0.2, -0.15) is 0 Å². The molecule has 1 unspecified atom stereocenters. The van der Waals surface area contributed by atoms with Gasteiger partial charge in [0.2, 0.25) is 0 Å². The van der Waals surface area contributed by atoms with Crippen molar-refractivity contribution in [2.75, 3.05) is 0 Å². The van der Waals surface area contributed by atoms with Crippen molar-refractivity contribution in [3.05, 3.63) is 28.5 Å². The van der Waals surface area contributed by atoms with Crippen molar-refractivity contribution >= 4 is 23.3 Å². The van der Waals surface area contributed by atoms with E-state index in [4.69, 9.17) is 12.2 Å². The lowest BCUT2D eigenvalue weighted by Gasteiger charge is -2.17. The number of rotatable bonds is 3. The maximum Gasteiger partial charge on any atom is 0.178 e. The summed E-state index contributed by atoms with van der Waals surface area (Å²) in [5.41, 5.74) is 3.68. The Bertz CT molecular complexity index is 577. The summed E-state index contributed by atoms with van der Waals surface area (Å²) in [5, 5.41) is 0. The number of para-hydroxylation sites is 1. The summed E-state index contributed by atoms with van der Waals surface area (Å²) in [6.07, 6.45) is 1.15. The lowest BCUT2D eigenvalue weighted by Crippen LogP contribution is -2.08. The molecule has 17 heavy (non-hydrogen) atoms. The molecule has 0 aliphatic rings. The van der Waals surface area contributed by atoms with Crippen LogP contribution in [0.3, 0.4) is 0 Å². The predicted octanol–water partition coefficient (Wildman–Crippen LogP) is 4.61. The normalized spacial score (nSPS) is 13.5. The zero-order valence-electron chi connectivity index (χ0n) is 10.9. The lowest BCUT2D eigenvalue weighted by molar-refractivity contribution is 0.432. The molecular weight excluding hydrogens is 228 g/mol. The first-order valence-corrected chi connectivity index (χ1v) is 6.61. The Labute approximate surface area is 108 Å². The van der Waals surface area contributed by atoms with E-state index >= 15 is 0 Å². The van der Waals surface area contributed by atoms with Crippen LogP contribution in [0.5, 0.6) is 0 Å². The third-order valence-electron chi connectivity index (χ3n) is 3.19. The van der Waals surface area contributed by atoms with Gasteiger partial charge in [-0.1, -0.05) is 26.0 Å². The van der Waals surface area contributed by atoms with Crippen LogP contribution in [0.2, 0.25) is 0 Å². The largest absolute Gasteiger partial charge is 0.331 e. The molecule has 0 bridgehead atoms. The number of aryl methyl sites for hydroxylation is 1. The topological polar surface area (TPSA) is 20.7 Å². The third-order valence-corrected chi connectivity index (χ3v) is 3.49. The zero-order valence-corrected chi connectivity index (χ0v) is 11.8. The molecule has 1 aromatic heterocycles. The van der Waals surface area contributed by atoms with Crippen LogP contribution < -0.4 is 0 Å². The summed E-state index contributed by atoms with van der Waals surface area (Å²) >= 11 is 5.45. The Morgan fingerprint density at radius 1 is 1.29 bits per heavy atom.